The van der Waals surface area contributed by atoms with Crippen LogP contribution < -0.4 is 9.64 Å². The van der Waals surface area contributed by atoms with Gasteiger partial charge in [0.25, 0.3) is 5.91 Å². The van der Waals surface area contributed by atoms with Crippen molar-refractivity contribution in [1.82, 2.24) is 9.88 Å². The van der Waals surface area contributed by atoms with Gasteiger partial charge in [-0.3, -0.25) is 4.79 Å². The Morgan fingerprint density at radius 3 is 2.24 bits per heavy atom. The summed E-state index contributed by atoms with van der Waals surface area (Å²) in [5.41, 5.74) is -0.476. The smallest absolute Gasteiger partial charge is 0.433 e. The first-order valence-corrected chi connectivity index (χ1v) is 15.7. The van der Waals surface area contributed by atoms with Crippen molar-refractivity contribution in [3.63, 3.8) is 0 Å². The number of rotatable bonds is 7. The highest BCUT2D eigenvalue weighted by molar-refractivity contribution is 8.07. The molecule has 2 aliphatic rings. The molecule has 4 rings (SSSR count). The van der Waals surface area contributed by atoms with Crippen LogP contribution in [0.1, 0.15) is 41.7 Å². The highest BCUT2D eigenvalue weighted by Crippen LogP contribution is 2.31. The van der Waals surface area contributed by atoms with Gasteiger partial charge in [-0.05, 0) is 56.0 Å². The van der Waals surface area contributed by atoms with E-state index in [-0.39, 0.29) is 35.4 Å². The summed E-state index contributed by atoms with van der Waals surface area (Å²) in [7, 11) is -8.06. The summed E-state index contributed by atoms with van der Waals surface area (Å²) in [5, 5.41) is -1.09. The summed E-state index contributed by atoms with van der Waals surface area (Å²) < 4.78 is 93.2. The summed E-state index contributed by atoms with van der Waals surface area (Å²) in [6.45, 7) is 1.10. The van der Waals surface area contributed by atoms with E-state index in [4.69, 9.17) is 4.74 Å². The van der Waals surface area contributed by atoms with Crippen molar-refractivity contribution in [2.45, 2.75) is 42.9 Å². The number of carbonyl (C=O) groups excluding carboxylic acids is 1. The van der Waals surface area contributed by atoms with Gasteiger partial charge in [0, 0.05) is 32.4 Å². The topological polar surface area (TPSA) is 114 Å². The average molecular weight is 576 g/mol. The number of hydrogen-bond acceptors (Lipinski definition) is 8. The molecule has 0 atom stereocenters. The van der Waals surface area contributed by atoms with Gasteiger partial charge in [0.2, 0.25) is 0 Å². The van der Waals surface area contributed by atoms with Gasteiger partial charge in [-0.1, -0.05) is 0 Å². The molecule has 0 unspecified atom stereocenters. The number of sulfone groups is 2. The Labute approximate surface area is 219 Å². The molecule has 1 aliphatic carbocycles. The molecule has 1 saturated heterocycles. The number of anilines is 1. The molecule has 0 spiro atoms. The van der Waals surface area contributed by atoms with E-state index in [1.807, 2.05) is 0 Å². The van der Waals surface area contributed by atoms with Crippen LogP contribution >= 0.6 is 0 Å². The normalized spacial score (nSPS) is 17.6. The number of alkyl halides is 3. The monoisotopic (exact) mass is 575 g/mol. The van der Waals surface area contributed by atoms with Gasteiger partial charge in [0.05, 0.1) is 28.4 Å². The molecule has 0 radical (unpaired) electrons. The quantitative estimate of drug-likeness (QED) is 0.495. The van der Waals surface area contributed by atoms with E-state index >= 15 is 0 Å². The lowest BCUT2D eigenvalue weighted by Gasteiger charge is -2.36. The van der Waals surface area contributed by atoms with Crippen LogP contribution in [0.5, 0.6) is 5.75 Å². The van der Waals surface area contributed by atoms with Crippen molar-refractivity contribution in [2.75, 3.05) is 42.4 Å². The fourth-order valence-electron chi connectivity index (χ4n) is 4.59. The minimum atomic E-state index is -4.54. The predicted molar refractivity (Wildman–Crippen MR) is 134 cm³/mol. The number of benzene rings is 1. The van der Waals surface area contributed by atoms with Crippen LogP contribution in [0.4, 0.5) is 18.9 Å². The van der Waals surface area contributed by atoms with Gasteiger partial charge in [0.1, 0.15) is 11.4 Å². The molecule has 2 fully saturated rings. The second kappa shape index (κ2) is 10.7. The van der Waals surface area contributed by atoms with Crippen LogP contribution in [0.3, 0.4) is 0 Å². The number of nitrogens with zero attached hydrogens (tertiary/aromatic N) is 3. The first kappa shape index (κ1) is 28.1. The van der Waals surface area contributed by atoms with Crippen LogP contribution in [0, 0.1) is 0 Å². The Morgan fingerprint density at radius 2 is 1.68 bits per heavy atom. The average Bonchev–Trinajstić information content (AvgIpc) is 3.35. The second-order valence-electron chi connectivity index (χ2n) is 9.52. The van der Waals surface area contributed by atoms with Gasteiger partial charge in [0.15, 0.2) is 24.8 Å². The van der Waals surface area contributed by atoms with E-state index in [1.54, 1.807) is 4.90 Å². The third kappa shape index (κ3) is 6.76. The lowest BCUT2D eigenvalue weighted by atomic mass is 10.1. The maximum absolute atomic E-state index is 13.5. The second-order valence-corrected chi connectivity index (χ2v) is 14.0. The highest BCUT2D eigenvalue weighted by atomic mass is 32.3. The number of ether oxygens (including phenoxy) is 1. The number of amides is 1. The molecule has 1 amide bonds. The molecule has 1 aromatic heterocycles. The molecule has 0 N–H and O–H groups in total. The minimum Gasteiger partial charge on any atom is -0.490 e. The number of hydrogen-bond donors (Lipinski definition) is 0. The zero-order valence-corrected chi connectivity index (χ0v) is 22.3. The van der Waals surface area contributed by atoms with E-state index in [1.165, 1.54) is 29.2 Å². The Bertz CT molecular complexity index is 1380. The van der Waals surface area contributed by atoms with Crippen molar-refractivity contribution in [1.29, 1.82) is 0 Å². The first-order valence-electron chi connectivity index (χ1n) is 12.0. The standard InChI is InChI=1S/C24H28F3N3O6S2/c1-37(32,33)16-38(34,35)19-7-8-21(36-18-4-2-3-5-18)20(14-19)23(31)30-12-10-29(11-13-30)17-6-9-22(28-15-17)24(25,26)27/h6-9,14-15,18H,2-5,10-13,16H2,1H3. The highest BCUT2D eigenvalue weighted by Gasteiger charge is 2.33. The van der Waals surface area contributed by atoms with Crippen molar-refractivity contribution in [2.24, 2.45) is 0 Å². The van der Waals surface area contributed by atoms with E-state index in [0.717, 1.165) is 44.2 Å². The van der Waals surface area contributed by atoms with Gasteiger partial charge in [-0.15, -0.1) is 0 Å². The predicted octanol–water partition coefficient (Wildman–Crippen LogP) is 3.16. The Hall–Kier alpha value is -2.87. The van der Waals surface area contributed by atoms with Gasteiger partial charge in [-0.25, -0.2) is 21.8 Å². The molecule has 208 valence electrons. The SMILES string of the molecule is CS(=O)(=O)CS(=O)(=O)c1ccc(OC2CCCC2)c(C(=O)N2CCN(c3ccc(C(F)(F)F)nc3)CC2)c1. The summed E-state index contributed by atoms with van der Waals surface area (Å²) in [6, 6.07) is 6.04. The van der Waals surface area contributed by atoms with Crippen LogP contribution in [0.25, 0.3) is 0 Å². The lowest BCUT2D eigenvalue weighted by molar-refractivity contribution is -0.141. The van der Waals surface area contributed by atoms with E-state index in [9.17, 15) is 34.8 Å². The number of halogens is 3. The summed E-state index contributed by atoms with van der Waals surface area (Å²) >= 11 is 0. The third-order valence-electron chi connectivity index (χ3n) is 6.48. The molecule has 14 heteroatoms. The molecule has 2 aromatic rings. The van der Waals surface area contributed by atoms with E-state index < -0.39 is 42.5 Å². The fourth-order valence-corrected chi connectivity index (χ4v) is 7.96. The van der Waals surface area contributed by atoms with Crippen molar-refractivity contribution in [3.05, 3.63) is 47.8 Å². The molecule has 9 nitrogen and oxygen atoms in total. The molecule has 0 bridgehead atoms. The van der Waals surface area contributed by atoms with Crippen LogP contribution in [-0.4, -0.2) is 76.3 Å². The van der Waals surface area contributed by atoms with Crippen LogP contribution in [0.2, 0.25) is 0 Å². The van der Waals surface area contributed by atoms with Gasteiger partial charge >= 0.3 is 6.18 Å². The summed E-state index contributed by atoms with van der Waals surface area (Å²) in [5.74, 6) is -0.242. The number of aromatic nitrogens is 1. The van der Waals surface area contributed by atoms with Crippen molar-refractivity contribution >= 4 is 31.3 Å². The molecule has 38 heavy (non-hydrogen) atoms. The molecular weight excluding hydrogens is 547 g/mol. The third-order valence-corrected chi connectivity index (χ3v) is 10.4. The number of carbonyl (C=O) groups is 1. The summed E-state index contributed by atoms with van der Waals surface area (Å²) in [6.07, 6.45) is 0.896. The number of piperazine rings is 1. The van der Waals surface area contributed by atoms with Gasteiger partial charge in [-0.2, -0.15) is 13.2 Å². The van der Waals surface area contributed by atoms with Crippen molar-refractivity contribution in [3.8, 4) is 5.75 Å². The zero-order valence-electron chi connectivity index (χ0n) is 20.6. The minimum absolute atomic E-state index is 0.0242. The van der Waals surface area contributed by atoms with Crippen molar-refractivity contribution < 1.29 is 39.5 Å². The maximum atomic E-state index is 13.5. The lowest BCUT2D eigenvalue weighted by Crippen LogP contribution is -2.49. The summed E-state index contributed by atoms with van der Waals surface area (Å²) in [4.78, 5) is 20.0. The molecule has 1 saturated carbocycles. The molecular formula is C24H28F3N3O6S2. The molecule has 1 aliphatic heterocycles. The van der Waals surface area contributed by atoms with Gasteiger partial charge < -0.3 is 14.5 Å². The fraction of sp³-hybridized carbons (Fsp3) is 0.500. The largest absolute Gasteiger partial charge is 0.490 e. The number of pyridine rings is 1. The zero-order chi connectivity index (χ0) is 27.7. The first-order chi connectivity index (χ1) is 17.7. The Balaban J connectivity index is 1.54. The van der Waals surface area contributed by atoms with Crippen LogP contribution in [-0.2, 0) is 25.9 Å². The molecule has 1 aromatic carbocycles. The van der Waals surface area contributed by atoms with E-state index in [0.29, 0.717) is 18.8 Å². The Morgan fingerprint density at radius 1 is 1.03 bits per heavy atom. The maximum Gasteiger partial charge on any atom is 0.433 e. The van der Waals surface area contributed by atoms with Crippen LogP contribution in [0.15, 0.2) is 41.4 Å². The molecule has 2 heterocycles. The Kier molecular flexibility index (Phi) is 7.94. The van der Waals surface area contributed by atoms with E-state index in [2.05, 4.69) is 4.98 Å².